The summed E-state index contributed by atoms with van der Waals surface area (Å²) in [6, 6.07) is 10.5. The van der Waals surface area contributed by atoms with E-state index in [0.29, 0.717) is 0 Å². The third-order valence-electron chi connectivity index (χ3n) is 3.55. The quantitative estimate of drug-likeness (QED) is 0.746. The van der Waals surface area contributed by atoms with Crippen LogP contribution in [-0.2, 0) is 12.8 Å². The van der Waals surface area contributed by atoms with Crippen LogP contribution in [0.25, 0.3) is 10.2 Å². The van der Waals surface area contributed by atoms with Gasteiger partial charge in [0.2, 0.25) is 0 Å². The molecule has 4 heteroatoms. The van der Waals surface area contributed by atoms with Crippen molar-refractivity contribution in [1.29, 1.82) is 0 Å². The lowest BCUT2D eigenvalue weighted by Gasteiger charge is -2.10. The Balaban J connectivity index is 2.11. The Morgan fingerprint density at radius 1 is 1.10 bits per heavy atom. The number of nitrogens with zero attached hydrogens (tertiary/aromatic N) is 2. The molecule has 0 bridgehead atoms. The minimum atomic E-state index is 0.845. The predicted octanol–water partition coefficient (Wildman–Crippen LogP) is 4.87. The molecule has 1 N–H and O–H groups in total. The first kappa shape index (κ1) is 14.0. The molecule has 0 unspecified atom stereocenters. The zero-order valence-electron chi connectivity index (χ0n) is 12.6. The second-order valence-corrected chi connectivity index (χ2v) is 6.18. The number of para-hydroxylation sites is 1. The number of thiophene rings is 1. The van der Waals surface area contributed by atoms with Crippen molar-refractivity contribution in [2.24, 2.45) is 0 Å². The minimum Gasteiger partial charge on any atom is -0.339 e. The van der Waals surface area contributed by atoms with Crippen molar-refractivity contribution in [3.05, 3.63) is 46.6 Å². The van der Waals surface area contributed by atoms with Gasteiger partial charge < -0.3 is 5.32 Å². The molecule has 2 aromatic heterocycles. The molecule has 3 aromatic rings. The maximum Gasteiger partial charge on any atom is 0.142 e. The highest BCUT2D eigenvalue weighted by Gasteiger charge is 2.11. The summed E-state index contributed by atoms with van der Waals surface area (Å²) >= 11 is 1.76. The Morgan fingerprint density at radius 3 is 2.62 bits per heavy atom. The van der Waals surface area contributed by atoms with Crippen LogP contribution in [0.15, 0.2) is 30.3 Å². The van der Waals surface area contributed by atoms with E-state index in [9.17, 15) is 0 Å². The molecule has 0 aliphatic heterocycles. The summed E-state index contributed by atoms with van der Waals surface area (Å²) in [5.74, 6) is 1.81. The van der Waals surface area contributed by atoms with E-state index in [1.165, 1.54) is 10.4 Å². The highest BCUT2D eigenvalue weighted by atomic mass is 32.1. The molecule has 0 atom stereocenters. The van der Waals surface area contributed by atoms with Crippen molar-refractivity contribution in [3.8, 4) is 0 Å². The maximum atomic E-state index is 4.69. The van der Waals surface area contributed by atoms with Crippen LogP contribution in [0.3, 0.4) is 0 Å². The molecular formula is C17H19N3S. The molecular weight excluding hydrogens is 278 g/mol. The molecule has 0 aliphatic carbocycles. The number of aromatic nitrogens is 2. The Labute approximate surface area is 129 Å². The van der Waals surface area contributed by atoms with Crippen LogP contribution < -0.4 is 5.32 Å². The topological polar surface area (TPSA) is 37.8 Å². The zero-order chi connectivity index (χ0) is 14.8. The first-order chi connectivity index (χ1) is 10.2. The lowest BCUT2D eigenvalue weighted by Crippen LogP contribution is -2.00. The highest BCUT2D eigenvalue weighted by molar-refractivity contribution is 7.18. The van der Waals surface area contributed by atoms with Crippen LogP contribution in [-0.4, -0.2) is 9.97 Å². The lowest BCUT2D eigenvalue weighted by molar-refractivity contribution is 0.967. The van der Waals surface area contributed by atoms with Gasteiger partial charge in [0.1, 0.15) is 16.5 Å². The summed E-state index contributed by atoms with van der Waals surface area (Å²) in [5, 5.41) is 4.61. The average molecular weight is 297 g/mol. The van der Waals surface area contributed by atoms with Gasteiger partial charge in [-0.2, -0.15) is 0 Å². The second kappa shape index (κ2) is 5.82. The lowest BCUT2D eigenvalue weighted by atomic mass is 10.2. The van der Waals surface area contributed by atoms with Gasteiger partial charge in [-0.3, -0.25) is 0 Å². The van der Waals surface area contributed by atoms with Crippen LogP contribution >= 0.6 is 11.3 Å². The summed E-state index contributed by atoms with van der Waals surface area (Å²) in [7, 11) is 0. The number of hydrogen-bond acceptors (Lipinski definition) is 4. The minimum absolute atomic E-state index is 0.845. The maximum absolute atomic E-state index is 4.69. The molecule has 0 spiro atoms. The first-order valence-electron chi connectivity index (χ1n) is 7.33. The van der Waals surface area contributed by atoms with Gasteiger partial charge >= 0.3 is 0 Å². The molecule has 3 nitrogen and oxygen atoms in total. The Hall–Kier alpha value is -1.94. The van der Waals surface area contributed by atoms with E-state index < -0.39 is 0 Å². The second-order valence-electron chi connectivity index (χ2n) is 5.07. The van der Waals surface area contributed by atoms with E-state index in [1.54, 1.807) is 11.3 Å². The summed E-state index contributed by atoms with van der Waals surface area (Å²) < 4.78 is 0. The van der Waals surface area contributed by atoms with Crippen LogP contribution in [0.4, 0.5) is 11.5 Å². The van der Waals surface area contributed by atoms with Gasteiger partial charge in [0.15, 0.2) is 0 Å². The van der Waals surface area contributed by atoms with Gasteiger partial charge in [0, 0.05) is 17.0 Å². The number of nitrogens with one attached hydrogen (secondary N) is 1. The monoisotopic (exact) mass is 297 g/mol. The third kappa shape index (κ3) is 2.76. The van der Waals surface area contributed by atoms with Crippen molar-refractivity contribution in [1.82, 2.24) is 9.97 Å². The van der Waals surface area contributed by atoms with E-state index in [2.05, 4.69) is 54.3 Å². The van der Waals surface area contributed by atoms with Crippen molar-refractivity contribution in [3.63, 3.8) is 0 Å². The fourth-order valence-corrected chi connectivity index (χ4v) is 3.27. The molecule has 21 heavy (non-hydrogen) atoms. The van der Waals surface area contributed by atoms with Crippen molar-refractivity contribution >= 4 is 33.1 Å². The highest BCUT2D eigenvalue weighted by Crippen LogP contribution is 2.31. The van der Waals surface area contributed by atoms with E-state index in [1.807, 2.05) is 12.1 Å². The van der Waals surface area contributed by atoms with E-state index in [0.717, 1.165) is 40.4 Å². The fraction of sp³-hybridized carbons (Fsp3) is 0.294. The molecule has 0 saturated carbocycles. The third-order valence-corrected chi connectivity index (χ3v) is 4.73. The molecule has 0 amide bonds. The van der Waals surface area contributed by atoms with Crippen molar-refractivity contribution in [2.45, 2.75) is 33.6 Å². The van der Waals surface area contributed by atoms with Gasteiger partial charge in [-0.1, -0.05) is 32.0 Å². The van der Waals surface area contributed by atoms with Crippen LogP contribution in [0.5, 0.6) is 0 Å². The standard InChI is InChI=1S/C17H19N3S/c1-4-12-10-13-16(18-14-9-7-6-8-11(14)3)19-15(5-2)20-17(13)21-12/h6-10H,4-5H2,1-3H3,(H,18,19,20). The Bertz CT molecular complexity index is 777. The van der Waals surface area contributed by atoms with E-state index >= 15 is 0 Å². The SMILES string of the molecule is CCc1nc(Nc2ccccc2C)c2cc(CC)sc2n1. The van der Waals surface area contributed by atoms with Gasteiger partial charge in [-0.05, 0) is 31.0 Å². The molecule has 0 fully saturated rings. The zero-order valence-corrected chi connectivity index (χ0v) is 13.4. The Morgan fingerprint density at radius 2 is 1.90 bits per heavy atom. The van der Waals surface area contributed by atoms with Gasteiger partial charge in [-0.15, -0.1) is 11.3 Å². The van der Waals surface area contributed by atoms with Crippen molar-refractivity contribution < 1.29 is 0 Å². The van der Waals surface area contributed by atoms with Gasteiger partial charge in [0.05, 0.1) is 5.39 Å². The molecule has 3 rings (SSSR count). The fourth-order valence-electron chi connectivity index (χ4n) is 2.28. The summed E-state index contributed by atoms with van der Waals surface area (Å²) in [4.78, 5) is 11.8. The van der Waals surface area contributed by atoms with Gasteiger partial charge in [-0.25, -0.2) is 9.97 Å². The number of fused-ring (bicyclic) bond motifs is 1. The number of anilines is 2. The number of hydrogen-bond donors (Lipinski definition) is 1. The van der Waals surface area contributed by atoms with Crippen LogP contribution in [0.1, 0.15) is 30.1 Å². The molecule has 0 saturated heterocycles. The summed E-state index contributed by atoms with van der Waals surface area (Å²) in [6.45, 7) is 6.37. The van der Waals surface area contributed by atoms with E-state index in [-0.39, 0.29) is 0 Å². The summed E-state index contributed by atoms with van der Waals surface area (Å²) in [5.41, 5.74) is 2.32. The molecule has 0 radical (unpaired) electrons. The predicted molar refractivity (Wildman–Crippen MR) is 90.6 cm³/mol. The molecule has 108 valence electrons. The summed E-state index contributed by atoms with van der Waals surface area (Å²) in [6.07, 6.45) is 1.88. The average Bonchev–Trinajstić information content (AvgIpc) is 2.92. The molecule has 0 aliphatic rings. The van der Waals surface area contributed by atoms with Crippen LogP contribution in [0, 0.1) is 6.92 Å². The Kier molecular flexibility index (Phi) is 3.88. The van der Waals surface area contributed by atoms with Crippen molar-refractivity contribution in [2.75, 3.05) is 5.32 Å². The van der Waals surface area contributed by atoms with Gasteiger partial charge in [0.25, 0.3) is 0 Å². The largest absolute Gasteiger partial charge is 0.339 e. The smallest absolute Gasteiger partial charge is 0.142 e. The first-order valence-corrected chi connectivity index (χ1v) is 8.15. The molecule has 1 aromatic carbocycles. The molecule has 2 heterocycles. The number of aryl methyl sites for hydroxylation is 3. The van der Waals surface area contributed by atoms with Crippen LogP contribution in [0.2, 0.25) is 0 Å². The normalized spacial score (nSPS) is 11.0. The number of rotatable bonds is 4. The number of benzene rings is 1. The van der Waals surface area contributed by atoms with E-state index in [4.69, 9.17) is 0 Å².